The van der Waals surface area contributed by atoms with Crippen LogP contribution in [0, 0.1) is 18.6 Å². The molecular formula is C25H21F2N3O. The monoisotopic (exact) mass is 417 g/mol. The second-order valence-corrected chi connectivity index (χ2v) is 8.08. The van der Waals surface area contributed by atoms with Gasteiger partial charge in [0.1, 0.15) is 11.6 Å². The summed E-state index contributed by atoms with van der Waals surface area (Å²) in [7, 11) is 0. The number of aromatic nitrogens is 2. The van der Waals surface area contributed by atoms with Gasteiger partial charge in [-0.05, 0) is 78.4 Å². The quantitative estimate of drug-likeness (QED) is 0.483. The molecule has 4 nitrogen and oxygen atoms in total. The summed E-state index contributed by atoms with van der Waals surface area (Å²) >= 11 is 0. The molecule has 1 amide bonds. The largest absolute Gasteiger partial charge is 0.349 e. The normalized spacial score (nSPS) is 13.5. The molecule has 6 heteroatoms. The lowest BCUT2D eigenvalue weighted by molar-refractivity contribution is 0.0950. The zero-order valence-corrected chi connectivity index (χ0v) is 17.0. The maximum absolute atomic E-state index is 14.6. The molecule has 1 heterocycles. The maximum Gasteiger partial charge on any atom is 0.251 e. The van der Waals surface area contributed by atoms with E-state index in [4.69, 9.17) is 0 Å². The Kier molecular flexibility index (Phi) is 4.77. The van der Waals surface area contributed by atoms with Crippen LogP contribution >= 0.6 is 0 Å². The molecule has 1 aromatic heterocycles. The Hall–Kier alpha value is -3.54. The van der Waals surface area contributed by atoms with Crippen molar-refractivity contribution in [2.45, 2.75) is 32.4 Å². The average molecular weight is 417 g/mol. The molecule has 0 unspecified atom stereocenters. The summed E-state index contributed by atoms with van der Waals surface area (Å²) in [4.78, 5) is 12.4. The Morgan fingerprint density at radius 3 is 2.61 bits per heavy atom. The number of hydrogen-bond donors (Lipinski definition) is 1. The molecule has 0 aliphatic heterocycles. The zero-order chi connectivity index (χ0) is 21.5. The highest BCUT2D eigenvalue weighted by atomic mass is 19.1. The van der Waals surface area contributed by atoms with Gasteiger partial charge in [0.05, 0.1) is 18.3 Å². The van der Waals surface area contributed by atoms with Gasteiger partial charge in [0.2, 0.25) is 0 Å². The summed E-state index contributed by atoms with van der Waals surface area (Å²) in [5.41, 5.74) is 4.22. The van der Waals surface area contributed by atoms with Crippen molar-refractivity contribution in [2.24, 2.45) is 0 Å². The van der Waals surface area contributed by atoms with Gasteiger partial charge in [0.15, 0.2) is 0 Å². The lowest BCUT2D eigenvalue weighted by Crippen LogP contribution is -2.25. The van der Waals surface area contributed by atoms with Gasteiger partial charge in [-0.2, -0.15) is 5.10 Å². The molecule has 4 aromatic rings. The third kappa shape index (κ3) is 3.93. The van der Waals surface area contributed by atoms with E-state index >= 15 is 0 Å². The van der Waals surface area contributed by atoms with Crippen LogP contribution < -0.4 is 5.32 Å². The second kappa shape index (κ2) is 7.61. The van der Waals surface area contributed by atoms with Gasteiger partial charge >= 0.3 is 0 Å². The van der Waals surface area contributed by atoms with Crippen molar-refractivity contribution in [3.05, 3.63) is 89.1 Å². The molecule has 1 N–H and O–H groups in total. The number of benzene rings is 3. The highest BCUT2D eigenvalue weighted by Crippen LogP contribution is 2.30. The molecular weight excluding hydrogens is 396 g/mol. The summed E-state index contributed by atoms with van der Waals surface area (Å²) in [5.74, 6) is -0.907. The van der Waals surface area contributed by atoms with Crippen LogP contribution in [0.3, 0.4) is 0 Å². The van der Waals surface area contributed by atoms with Crippen LogP contribution in [-0.2, 0) is 6.54 Å². The van der Waals surface area contributed by atoms with Crippen LogP contribution in [0.25, 0.3) is 22.0 Å². The zero-order valence-electron chi connectivity index (χ0n) is 17.0. The lowest BCUT2D eigenvalue weighted by atomic mass is 9.96. The van der Waals surface area contributed by atoms with Gasteiger partial charge in [-0.15, -0.1) is 0 Å². The summed E-state index contributed by atoms with van der Waals surface area (Å²) in [6.45, 7) is 2.24. The van der Waals surface area contributed by atoms with E-state index in [-0.39, 0.29) is 17.8 Å². The van der Waals surface area contributed by atoms with Crippen LogP contribution in [0.2, 0.25) is 0 Å². The Morgan fingerprint density at radius 2 is 1.87 bits per heavy atom. The van der Waals surface area contributed by atoms with Gasteiger partial charge in [-0.25, -0.2) is 8.78 Å². The van der Waals surface area contributed by atoms with Crippen LogP contribution in [0.4, 0.5) is 8.78 Å². The van der Waals surface area contributed by atoms with Crippen molar-refractivity contribution in [2.75, 3.05) is 0 Å². The number of carbonyl (C=O) groups excluding carboxylic acids is 1. The molecule has 0 atom stereocenters. The number of fused-ring (bicyclic) bond motifs is 1. The lowest BCUT2D eigenvalue weighted by Gasteiger charge is -2.12. The van der Waals surface area contributed by atoms with Gasteiger partial charge in [-0.1, -0.05) is 18.2 Å². The Labute approximate surface area is 178 Å². The molecule has 0 bridgehead atoms. The summed E-state index contributed by atoms with van der Waals surface area (Å²) < 4.78 is 29.6. The van der Waals surface area contributed by atoms with Crippen LogP contribution in [0.1, 0.15) is 34.3 Å². The van der Waals surface area contributed by atoms with E-state index in [1.54, 1.807) is 31.3 Å². The summed E-state index contributed by atoms with van der Waals surface area (Å²) in [6, 6.07) is 15.4. The molecule has 5 rings (SSSR count). The topological polar surface area (TPSA) is 46.9 Å². The number of nitrogens with one attached hydrogen (secondary N) is 1. The molecule has 0 radical (unpaired) electrons. The van der Waals surface area contributed by atoms with Gasteiger partial charge in [0, 0.05) is 17.0 Å². The minimum absolute atomic E-state index is 0.212. The standard InChI is InChI=1S/C25H21F2N3O/c1-15-22(11-18(12-23(15)27)25(31)29-21-7-8-21)17-4-9-24-19(10-17)13-28-30(24)14-16-2-5-20(26)6-3-16/h2-6,9-13,21H,7-8,14H2,1H3,(H,29,31). The number of rotatable bonds is 5. The second-order valence-electron chi connectivity index (χ2n) is 8.08. The first-order valence-corrected chi connectivity index (χ1v) is 10.3. The fourth-order valence-corrected chi connectivity index (χ4v) is 3.75. The minimum Gasteiger partial charge on any atom is -0.349 e. The fourth-order valence-electron chi connectivity index (χ4n) is 3.75. The van der Waals surface area contributed by atoms with E-state index in [0.29, 0.717) is 23.2 Å². The molecule has 1 aliphatic rings. The van der Waals surface area contributed by atoms with Crippen molar-refractivity contribution in [3.63, 3.8) is 0 Å². The van der Waals surface area contributed by atoms with Crippen LogP contribution in [-0.4, -0.2) is 21.7 Å². The number of nitrogens with zero attached hydrogens (tertiary/aromatic N) is 2. The van der Waals surface area contributed by atoms with Crippen LogP contribution in [0.5, 0.6) is 0 Å². The first-order valence-electron chi connectivity index (χ1n) is 10.3. The van der Waals surface area contributed by atoms with Crippen molar-refractivity contribution in [1.29, 1.82) is 0 Å². The van der Waals surface area contributed by atoms with E-state index in [1.165, 1.54) is 18.2 Å². The van der Waals surface area contributed by atoms with Gasteiger partial charge < -0.3 is 5.32 Å². The van der Waals surface area contributed by atoms with E-state index in [1.807, 2.05) is 22.9 Å². The van der Waals surface area contributed by atoms with Crippen molar-refractivity contribution < 1.29 is 13.6 Å². The van der Waals surface area contributed by atoms with Crippen molar-refractivity contribution >= 4 is 16.8 Å². The maximum atomic E-state index is 14.6. The molecule has 0 saturated heterocycles. The SMILES string of the molecule is Cc1c(F)cc(C(=O)NC2CC2)cc1-c1ccc2c(cnn2Cc2ccc(F)cc2)c1. The van der Waals surface area contributed by atoms with E-state index < -0.39 is 5.82 Å². The Balaban J connectivity index is 1.48. The predicted molar refractivity (Wildman–Crippen MR) is 116 cm³/mol. The van der Waals surface area contributed by atoms with E-state index in [9.17, 15) is 13.6 Å². The molecule has 156 valence electrons. The van der Waals surface area contributed by atoms with E-state index in [0.717, 1.165) is 34.9 Å². The minimum atomic E-state index is -0.398. The number of carbonyl (C=O) groups is 1. The third-order valence-corrected chi connectivity index (χ3v) is 5.72. The molecule has 0 spiro atoms. The van der Waals surface area contributed by atoms with Crippen molar-refractivity contribution in [1.82, 2.24) is 15.1 Å². The first kappa shape index (κ1) is 19.4. The molecule has 1 aliphatic carbocycles. The summed E-state index contributed by atoms with van der Waals surface area (Å²) in [5, 5.41) is 8.28. The molecule has 1 fully saturated rings. The molecule has 31 heavy (non-hydrogen) atoms. The van der Waals surface area contributed by atoms with E-state index in [2.05, 4.69) is 10.4 Å². The van der Waals surface area contributed by atoms with Gasteiger partial charge in [-0.3, -0.25) is 9.48 Å². The van der Waals surface area contributed by atoms with Gasteiger partial charge in [0.25, 0.3) is 5.91 Å². The molecule has 3 aromatic carbocycles. The number of halogens is 2. The predicted octanol–water partition coefficient (Wildman–Crippen LogP) is 5.23. The number of hydrogen-bond acceptors (Lipinski definition) is 2. The average Bonchev–Trinajstić information content (AvgIpc) is 3.49. The highest BCUT2D eigenvalue weighted by Gasteiger charge is 2.24. The third-order valence-electron chi connectivity index (χ3n) is 5.72. The Morgan fingerprint density at radius 1 is 1.10 bits per heavy atom. The summed E-state index contributed by atoms with van der Waals surface area (Å²) in [6.07, 6.45) is 3.72. The molecule has 1 saturated carbocycles. The fraction of sp³-hybridized carbons (Fsp3) is 0.200. The highest BCUT2D eigenvalue weighted by molar-refractivity contribution is 5.96. The van der Waals surface area contributed by atoms with Crippen LogP contribution in [0.15, 0.2) is 60.8 Å². The van der Waals surface area contributed by atoms with Crippen molar-refractivity contribution in [3.8, 4) is 11.1 Å². The first-order chi connectivity index (χ1) is 15.0. The number of amides is 1. The Bertz CT molecular complexity index is 1290. The smallest absolute Gasteiger partial charge is 0.251 e.